The molecule has 0 bridgehead atoms. The van der Waals surface area contributed by atoms with Gasteiger partial charge in [-0.2, -0.15) is 0 Å². The van der Waals surface area contributed by atoms with Crippen molar-refractivity contribution >= 4 is 33.7 Å². The van der Waals surface area contributed by atoms with Gasteiger partial charge in [-0.3, -0.25) is 9.59 Å². The Labute approximate surface area is 134 Å². The molecule has 0 unspecified atom stereocenters. The Morgan fingerprint density at radius 3 is 2.05 bits per heavy atom. The van der Waals surface area contributed by atoms with Crippen LogP contribution in [0.5, 0.6) is 0 Å². The Kier molecular flexibility index (Phi) is 3.77. The van der Waals surface area contributed by atoms with Gasteiger partial charge in [0.2, 0.25) is 0 Å². The van der Waals surface area contributed by atoms with Crippen molar-refractivity contribution in [3.05, 3.63) is 69.7 Å². The normalized spacial score (nSPS) is 13.2. The molecule has 0 aromatic heterocycles. The lowest BCUT2D eigenvalue weighted by Crippen LogP contribution is -2.33. The zero-order valence-corrected chi connectivity index (χ0v) is 12.9. The number of benzene rings is 2. The molecule has 2 aromatic carbocycles. The molecule has 0 N–H and O–H groups in total. The van der Waals surface area contributed by atoms with E-state index in [-0.39, 0.29) is 17.5 Å². The van der Waals surface area contributed by atoms with E-state index in [0.717, 1.165) is 10.0 Å². The monoisotopic (exact) mass is 359 g/mol. The molecule has 1 aliphatic heterocycles. The van der Waals surface area contributed by atoms with E-state index in [0.29, 0.717) is 5.06 Å². The number of amides is 2. The summed E-state index contributed by atoms with van der Waals surface area (Å²) < 4.78 is 0.893. The molecule has 0 fully saturated rings. The Bertz CT molecular complexity index is 735. The second-order valence-corrected chi connectivity index (χ2v) is 5.63. The minimum Gasteiger partial charge on any atom is -0.329 e. The maximum Gasteiger partial charge on any atom is 0.337 e. The van der Waals surface area contributed by atoms with Crippen LogP contribution in [0.3, 0.4) is 0 Å². The zero-order valence-electron chi connectivity index (χ0n) is 11.3. The molecule has 1 aliphatic rings. The standard InChI is InChI=1S/C16H10BrNO4/c17-11-7-5-10(6-8-11)9-14(19)22-18-15(20)12-3-1-2-4-13(12)16(18)21/h1-8H,9H2. The van der Waals surface area contributed by atoms with Crippen LogP contribution >= 0.6 is 15.9 Å². The Morgan fingerprint density at radius 2 is 1.50 bits per heavy atom. The second kappa shape index (κ2) is 5.73. The molecule has 0 saturated carbocycles. The molecule has 1 heterocycles. The fourth-order valence-electron chi connectivity index (χ4n) is 2.15. The van der Waals surface area contributed by atoms with Crippen LogP contribution in [-0.4, -0.2) is 22.8 Å². The van der Waals surface area contributed by atoms with Crippen molar-refractivity contribution in [1.29, 1.82) is 0 Å². The van der Waals surface area contributed by atoms with Gasteiger partial charge in [-0.1, -0.05) is 45.3 Å². The summed E-state index contributed by atoms with van der Waals surface area (Å²) in [6.45, 7) is 0. The van der Waals surface area contributed by atoms with Crippen LogP contribution < -0.4 is 0 Å². The van der Waals surface area contributed by atoms with Crippen molar-refractivity contribution in [3.8, 4) is 0 Å². The quantitative estimate of drug-likeness (QED) is 0.790. The number of carbonyl (C=O) groups is 3. The van der Waals surface area contributed by atoms with Crippen LogP contribution in [0.2, 0.25) is 0 Å². The van der Waals surface area contributed by atoms with Crippen molar-refractivity contribution in [2.45, 2.75) is 6.42 Å². The smallest absolute Gasteiger partial charge is 0.329 e. The van der Waals surface area contributed by atoms with Crippen molar-refractivity contribution in [3.63, 3.8) is 0 Å². The van der Waals surface area contributed by atoms with Gasteiger partial charge in [-0.15, -0.1) is 0 Å². The maximum atomic E-state index is 12.1. The van der Waals surface area contributed by atoms with E-state index in [1.807, 2.05) is 0 Å². The van der Waals surface area contributed by atoms with Crippen molar-refractivity contribution in [2.75, 3.05) is 0 Å². The lowest BCUT2D eigenvalue weighted by molar-refractivity contribution is -0.167. The fourth-order valence-corrected chi connectivity index (χ4v) is 2.42. The summed E-state index contributed by atoms with van der Waals surface area (Å²) in [6.07, 6.45) is -0.0271. The van der Waals surface area contributed by atoms with Crippen LogP contribution in [-0.2, 0) is 16.1 Å². The summed E-state index contributed by atoms with van der Waals surface area (Å²) in [5.74, 6) is -1.91. The number of carbonyl (C=O) groups excluding carboxylic acids is 3. The van der Waals surface area contributed by atoms with Gasteiger partial charge in [0.25, 0.3) is 11.8 Å². The number of fused-ring (bicyclic) bond motifs is 1. The summed E-state index contributed by atoms with van der Waals surface area (Å²) in [5.41, 5.74) is 1.21. The first-order chi connectivity index (χ1) is 10.6. The molecule has 0 aliphatic carbocycles. The molecule has 110 valence electrons. The van der Waals surface area contributed by atoms with Crippen molar-refractivity contribution < 1.29 is 19.2 Å². The summed E-state index contributed by atoms with van der Waals surface area (Å²) in [4.78, 5) is 41.0. The number of hydroxylamine groups is 2. The largest absolute Gasteiger partial charge is 0.337 e. The lowest BCUT2D eigenvalue weighted by Gasteiger charge is -2.12. The average molecular weight is 360 g/mol. The SMILES string of the molecule is O=C(Cc1ccc(Br)cc1)ON1C(=O)c2ccccc2C1=O. The lowest BCUT2D eigenvalue weighted by atomic mass is 10.1. The highest BCUT2D eigenvalue weighted by atomic mass is 79.9. The zero-order chi connectivity index (χ0) is 15.7. The first kappa shape index (κ1) is 14.5. The van der Waals surface area contributed by atoms with Gasteiger partial charge in [-0.25, -0.2) is 4.79 Å². The Balaban J connectivity index is 1.71. The molecule has 3 rings (SSSR count). The molecule has 0 spiro atoms. The molecule has 0 atom stereocenters. The molecular weight excluding hydrogens is 350 g/mol. The molecule has 2 aromatic rings. The van der Waals surface area contributed by atoms with Crippen LogP contribution in [0.4, 0.5) is 0 Å². The van der Waals surface area contributed by atoms with E-state index in [4.69, 9.17) is 4.84 Å². The number of nitrogens with zero attached hydrogens (tertiary/aromatic N) is 1. The number of hydrogen-bond acceptors (Lipinski definition) is 4. The van der Waals surface area contributed by atoms with Crippen LogP contribution in [0.1, 0.15) is 26.3 Å². The number of hydrogen-bond donors (Lipinski definition) is 0. The molecule has 0 radical (unpaired) electrons. The Hall–Kier alpha value is -2.47. The van der Waals surface area contributed by atoms with Gasteiger partial charge in [0, 0.05) is 4.47 Å². The van der Waals surface area contributed by atoms with Gasteiger partial charge in [0.1, 0.15) is 0 Å². The molecule has 6 heteroatoms. The highest BCUT2D eigenvalue weighted by Gasteiger charge is 2.38. The number of imide groups is 1. The summed E-state index contributed by atoms with van der Waals surface area (Å²) in [6, 6.07) is 13.5. The van der Waals surface area contributed by atoms with Crippen molar-refractivity contribution in [2.24, 2.45) is 0 Å². The van der Waals surface area contributed by atoms with Crippen LogP contribution in [0, 0.1) is 0 Å². The fraction of sp³-hybridized carbons (Fsp3) is 0.0625. The maximum absolute atomic E-state index is 12.1. The van der Waals surface area contributed by atoms with Gasteiger partial charge in [0.15, 0.2) is 0 Å². The average Bonchev–Trinajstić information content (AvgIpc) is 2.75. The summed E-state index contributed by atoms with van der Waals surface area (Å²) >= 11 is 3.30. The van der Waals surface area contributed by atoms with Crippen LogP contribution in [0.25, 0.3) is 0 Å². The Morgan fingerprint density at radius 1 is 0.955 bits per heavy atom. The molecule has 2 amide bonds. The van der Waals surface area contributed by atoms with E-state index < -0.39 is 17.8 Å². The van der Waals surface area contributed by atoms with E-state index in [1.165, 1.54) is 12.1 Å². The number of rotatable bonds is 3. The molecule has 0 saturated heterocycles. The predicted octanol–water partition coefficient (Wildman–Crippen LogP) is 2.75. The minimum absolute atomic E-state index is 0.0271. The third-order valence-electron chi connectivity index (χ3n) is 3.21. The molecule has 22 heavy (non-hydrogen) atoms. The first-order valence-electron chi connectivity index (χ1n) is 6.49. The third kappa shape index (κ3) is 2.65. The third-order valence-corrected chi connectivity index (χ3v) is 3.74. The number of halogens is 1. The molecular formula is C16H10BrNO4. The van der Waals surface area contributed by atoms with Gasteiger partial charge in [0.05, 0.1) is 17.5 Å². The summed E-state index contributed by atoms with van der Waals surface area (Å²) in [5, 5.41) is 0.520. The minimum atomic E-state index is -0.670. The van der Waals surface area contributed by atoms with Gasteiger partial charge >= 0.3 is 5.97 Å². The predicted molar refractivity (Wildman–Crippen MR) is 80.9 cm³/mol. The van der Waals surface area contributed by atoms with E-state index >= 15 is 0 Å². The van der Waals surface area contributed by atoms with Gasteiger partial charge in [-0.05, 0) is 29.8 Å². The highest BCUT2D eigenvalue weighted by Crippen LogP contribution is 2.23. The van der Waals surface area contributed by atoms with Crippen LogP contribution in [0.15, 0.2) is 53.0 Å². The first-order valence-corrected chi connectivity index (χ1v) is 7.28. The topological polar surface area (TPSA) is 63.7 Å². The second-order valence-electron chi connectivity index (χ2n) is 4.72. The molecule has 5 nitrogen and oxygen atoms in total. The summed E-state index contributed by atoms with van der Waals surface area (Å²) in [7, 11) is 0. The van der Waals surface area contributed by atoms with Gasteiger partial charge < -0.3 is 4.84 Å². The van der Waals surface area contributed by atoms with Crippen molar-refractivity contribution in [1.82, 2.24) is 5.06 Å². The van der Waals surface area contributed by atoms with E-state index in [2.05, 4.69) is 15.9 Å². The van der Waals surface area contributed by atoms with E-state index in [9.17, 15) is 14.4 Å². The van der Waals surface area contributed by atoms with E-state index in [1.54, 1.807) is 36.4 Å². The highest BCUT2D eigenvalue weighted by molar-refractivity contribution is 9.10.